The van der Waals surface area contributed by atoms with Crippen molar-refractivity contribution in [2.75, 3.05) is 12.0 Å². The van der Waals surface area contributed by atoms with E-state index in [1.54, 1.807) is 23.9 Å². The lowest BCUT2D eigenvalue weighted by molar-refractivity contribution is 0.0696. The lowest BCUT2D eigenvalue weighted by atomic mass is 10.1. The maximum absolute atomic E-state index is 10.5. The third kappa shape index (κ3) is 2.75. The summed E-state index contributed by atoms with van der Waals surface area (Å²) in [6, 6.07) is 6.29. The molecule has 0 amide bonds. The van der Waals surface area contributed by atoms with E-state index in [2.05, 4.69) is 0 Å². The Hall–Kier alpha value is -1.00. The van der Waals surface area contributed by atoms with Crippen LogP contribution in [0.2, 0.25) is 0 Å². The summed E-state index contributed by atoms with van der Waals surface area (Å²) in [5.41, 5.74) is 0.995. The number of carboxylic acids is 1. The van der Waals surface area contributed by atoms with Crippen molar-refractivity contribution >= 4 is 17.7 Å². The molecule has 76 valence electrons. The Bertz CT molecular complexity index is 308. The van der Waals surface area contributed by atoms with Crippen molar-refractivity contribution in [3.05, 3.63) is 35.4 Å². The highest BCUT2D eigenvalue weighted by molar-refractivity contribution is 7.98. The molecule has 2 N–H and O–H groups in total. The van der Waals surface area contributed by atoms with Crippen LogP contribution in [0.25, 0.3) is 0 Å². The summed E-state index contributed by atoms with van der Waals surface area (Å²) >= 11 is 1.55. The van der Waals surface area contributed by atoms with Gasteiger partial charge in [0, 0.05) is 5.75 Å². The molecule has 1 unspecified atom stereocenters. The Labute approximate surface area is 86.8 Å². The summed E-state index contributed by atoms with van der Waals surface area (Å²) in [5.74, 6) is -0.331. The second kappa shape index (κ2) is 5.02. The van der Waals surface area contributed by atoms with E-state index in [0.717, 1.165) is 5.56 Å². The first-order valence-electron chi connectivity index (χ1n) is 4.15. The van der Waals surface area contributed by atoms with Gasteiger partial charge in [-0.15, -0.1) is 0 Å². The molecular weight excluding hydrogens is 200 g/mol. The van der Waals surface area contributed by atoms with Crippen molar-refractivity contribution in [3.63, 3.8) is 0 Å². The summed E-state index contributed by atoms with van der Waals surface area (Å²) in [7, 11) is 0. The van der Waals surface area contributed by atoms with Crippen LogP contribution >= 0.6 is 11.8 Å². The van der Waals surface area contributed by atoms with Crippen LogP contribution in [-0.2, 0) is 0 Å². The number of aromatic carboxylic acids is 1. The Morgan fingerprint density at radius 2 is 2.00 bits per heavy atom. The van der Waals surface area contributed by atoms with E-state index in [1.807, 2.05) is 6.26 Å². The Morgan fingerprint density at radius 3 is 2.43 bits per heavy atom. The van der Waals surface area contributed by atoms with Gasteiger partial charge in [-0.05, 0) is 24.0 Å². The number of aliphatic hydroxyl groups excluding tert-OH is 1. The Kier molecular flexibility index (Phi) is 3.98. The van der Waals surface area contributed by atoms with E-state index < -0.39 is 12.1 Å². The van der Waals surface area contributed by atoms with Crippen molar-refractivity contribution in [1.29, 1.82) is 0 Å². The number of benzene rings is 1. The largest absolute Gasteiger partial charge is 0.478 e. The first kappa shape index (κ1) is 11.1. The van der Waals surface area contributed by atoms with E-state index in [9.17, 15) is 9.90 Å². The zero-order valence-electron chi connectivity index (χ0n) is 7.80. The van der Waals surface area contributed by atoms with Crippen LogP contribution in [0.3, 0.4) is 0 Å². The molecule has 1 aromatic rings. The molecule has 0 aliphatic rings. The average Bonchev–Trinajstić information content (AvgIpc) is 2.18. The number of carboxylic acid groups (broad SMARTS) is 1. The summed E-state index contributed by atoms with van der Waals surface area (Å²) < 4.78 is 0. The molecule has 0 saturated carbocycles. The molecule has 1 atom stereocenters. The van der Waals surface area contributed by atoms with Gasteiger partial charge in [-0.2, -0.15) is 11.8 Å². The van der Waals surface area contributed by atoms with Crippen molar-refractivity contribution in [2.45, 2.75) is 6.10 Å². The van der Waals surface area contributed by atoms with Crippen molar-refractivity contribution in [2.24, 2.45) is 0 Å². The van der Waals surface area contributed by atoms with Crippen LogP contribution in [0.1, 0.15) is 22.0 Å². The van der Waals surface area contributed by atoms with Gasteiger partial charge in [-0.1, -0.05) is 12.1 Å². The summed E-state index contributed by atoms with van der Waals surface area (Å²) in [6.07, 6.45) is 1.39. The van der Waals surface area contributed by atoms with Crippen molar-refractivity contribution < 1.29 is 15.0 Å². The Balaban J connectivity index is 2.77. The maximum Gasteiger partial charge on any atom is 0.335 e. The molecule has 4 heteroatoms. The molecule has 1 aromatic carbocycles. The highest BCUT2D eigenvalue weighted by Crippen LogP contribution is 2.17. The van der Waals surface area contributed by atoms with E-state index in [0.29, 0.717) is 5.75 Å². The standard InChI is InChI=1S/C10H12O3S/c1-14-6-9(11)7-2-4-8(5-3-7)10(12)13/h2-5,9,11H,6H2,1H3,(H,12,13). The fourth-order valence-electron chi connectivity index (χ4n) is 1.10. The molecule has 0 fully saturated rings. The van der Waals surface area contributed by atoms with E-state index in [1.165, 1.54) is 12.1 Å². The SMILES string of the molecule is CSCC(O)c1ccc(C(=O)O)cc1. The summed E-state index contributed by atoms with van der Waals surface area (Å²) in [4.78, 5) is 10.5. The van der Waals surface area contributed by atoms with Gasteiger partial charge in [0.1, 0.15) is 0 Å². The first-order chi connectivity index (χ1) is 6.65. The minimum Gasteiger partial charge on any atom is -0.478 e. The van der Waals surface area contributed by atoms with Gasteiger partial charge in [0.2, 0.25) is 0 Å². The summed E-state index contributed by atoms with van der Waals surface area (Å²) in [6.45, 7) is 0. The molecule has 0 aliphatic carbocycles. The molecule has 0 aliphatic heterocycles. The number of carbonyl (C=O) groups is 1. The number of hydrogen-bond acceptors (Lipinski definition) is 3. The fraction of sp³-hybridized carbons (Fsp3) is 0.300. The molecule has 0 aromatic heterocycles. The van der Waals surface area contributed by atoms with Crippen molar-refractivity contribution in [3.8, 4) is 0 Å². The first-order valence-corrected chi connectivity index (χ1v) is 5.54. The number of rotatable bonds is 4. The molecule has 0 saturated heterocycles. The molecule has 0 bridgehead atoms. The minimum absolute atomic E-state index is 0.241. The van der Waals surface area contributed by atoms with Gasteiger partial charge < -0.3 is 10.2 Å². The van der Waals surface area contributed by atoms with Crippen LogP contribution in [0.5, 0.6) is 0 Å². The normalized spacial score (nSPS) is 12.4. The van der Waals surface area contributed by atoms with Gasteiger partial charge in [0.05, 0.1) is 11.7 Å². The molecule has 3 nitrogen and oxygen atoms in total. The zero-order valence-corrected chi connectivity index (χ0v) is 8.62. The quantitative estimate of drug-likeness (QED) is 0.798. The molecule has 1 rings (SSSR count). The zero-order chi connectivity index (χ0) is 10.6. The van der Waals surface area contributed by atoms with Gasteiger partial charge in [-0.3, -0.25) is 0 Å². The molecule has 0 radical (unpaired) electrons. The second-order valence-corrected chi connectivity index (χ2v) is 3.81. The van der Waals surface area contributed by atoms with Gasteiger partial charge in [0.15, 0.2) is 0 Å². The predicted molar refractivity (Wildman–Crippen MR) is 56.7 cm³/mol. The van der Waals surface area contributed by atoms with Gasteiger partial charge in [-0.25, -0.2) is 4.79 Å². The topological polar surface area (TPSA) is 57.5 Å². The van der Waals surface area contributed by atoms with Gasteiger partial charge >= 0.3 is 5.97 Å². The second-order valence-electron chi connectivity index (χ2n) is 2.90. The third-order valence-corrected chi connectivity index (χ3v) is 2.52. The van der Waals surface area contributed by atoms with Crippen LogP contribution in [0.15, 0.2) is 24.3 Å². The molecular formula is C10H12O3S. The van der Waals surface area contributed by atoms with Crippen LogP contribution in [-0.4, -0.2) is 28.2 Å². The number of hydrogen-bond donors (Lipinski definition) is 2. The lowest BCUT2D eigenvalue weighted by Crippen LogP contribution is -2.01. The monoisotopic (exact) mass is 212 g/mol. The molecule has 0 spiro atoms. The average molecular weight is 212 g/mol. The fourth-order valence-corrected chi connectivity index (χ4v) is 1.61. The van der Waals surface area contributed by atoms with E-state index in [4.69, 9.17) is 5.11 Å². The maximum atomic E-state index is 10.5. The van der Waals surface area contributed by atoms with Crippen LogP contribution in [0.4, 0.5) is 0 Å². The van der Waals surface area contributed by atoms with Gasteiger partial charge in [0.25, 0.3) is 0 Å². The highest BCUT2D eigenvalue weighted by atomic mass is 32.2. The van der Waals surface area contributed by atoms with Crippen LogP contribution < -0.4 is 0 Å². The summed E-state index contributed by atoms with van der Waals surface area (Å²) in [5, 5.41) is 18.2. The number of aliphatic hydroxyl groups is 1. The predicted octanol–water partition coefficient (Wildman–Crippen LogP) is 1.78. The number of thioether (sulfide) groups is 1. The van der Waals surface area contributed by atoms with E-state index >= 15 is 0 Å². The molecule has 14 heavy (non-hydrogen) atoms. The molecule has 0 heterocycles. The third-order valence-electron chi connectivity index (χ3n) is 1.87. The lowest BCUT2D eigenvalue weighted by Gasteiger charge is -2.08. The van der Waals surface area contributed by atoms with Crippen LogP contribution in [0, 0.1) is 0 Å². The smallest absolute Gasteiger partial charge is 0.335 e. The highest BCUT2D eigenvalue weighted by Gasteiger charge is 2.07. The van der Waals surface area contributed by atoms with E-state index in [-0.39, 0.29) is 5.56 Å². The van der Waals surface area contributed by atoms with Crippen molar-refractivity contribution in [1.82, 2.24) is 0 Å². The minimum atomic E-state index is -0.948. The Morgan fingerprint density at radius 1 is 1.43 bits per heavy atom.